The minimum atomic E-state index is 0.0512. The lowest BCUT2D eigenvalue weighted by molar-refractivity contribution is 0.0857. The smallest absolute Gasteiger partial charge is 0.261 e. The molecule has 1 amide bonds. The molecule has 0 bridgehead atoms. The zero-order valence-corrected chi connectivity index (χ0v) is 12.0. The van der Waals surface area contributed by atoms with Crippen LogP contribution in [-0.2, 0) is 0 Å². The minimum absolute atomic E-state index is 0.0512. The SMILES string of the molecule is CC1(C)CCCCC1NC(=O)c1cc(S)cs1. The molecule has 94 valence electrons. The number of hydrogen-bond donors (Lipinski definition) is 2. The second kappa shape index (κ2) is 5.02. The Balaban J connectivity index is 2.03. The number of amides is 1. The topological polar surface area (TPSA) is 29.1 Å². The van der Waals surface area contributed by atoms with Crippen molar-refractivity contribution in [3.63, 3.8) is 0 Å². The predicted octanol–water partition coefficient (Wildman–Crippen LogP) is 3.74. The van der Waals surface area contributed by atoms with E-state index in [1.54, 1.807) is 0 Å². The molecule has 1 fully saturated rings. The van der Waals surface area contributed by atoms with E-state index in [9.17, 15) is 4.79 Å². The van der Waals surface area contributed by atoms with Gasteiger partial charge in [-0.05, 0) is 24.3 Å². The molecule has 0 aliphatic heterocycles. The highest BCUT2D eigenvalue weighted by Crippen LogP contribution is 2.35. The summed E-state index contributed by atoms with van der Waals surface area (Å²) in [7, 11) is 0. The monoisotopic (exact) mass is 269 g/mol. The average Bonchev–Trinajstić information content (AvgIpc) is 2.68. The second-order valence-corrected chi connectivity index (χ2v) is 6.86. The molecule has 0 aromatic carbocycles. The molecule has 0 spiro atoms. The highest BCUT2D eigenvalue weighted by Gasteiger charge is 2.33. The zero-order chi connectivity index (χ0) is 12.5. The van der Waals surface area contributed by atoms with Gasteiger partial charge in [-0.15, -0.1) is 24.0 Å². The van der Waals surface area contributed by atoms with Crippen LogP contribution in [0.25, 0.3) is 0 Å². The van der Waals surface area contributed by atoms with Crippen LogP contribution in [-0.4, -0.2) is 11.9 Å². The van der Waals surface area contributed by atoms with Crippen LogP contribution in [0.4, 0.5) is 0 Å². The Kier molecular flexibility index (Phi) is 3.83. The van der Waals surface area contributed by atoms with Crippen LogP contribution in [0.3, 0.4) is 0 Å². The molecule has 1 atom stereocenters. The maximum atomic E-state index is 12.1. The summed E-state index contributed by atoms with van der Waals surface area (Å²) >= 11 is 5.69. The fraction of sp³-hybridized carbons (Fsp3) is 0.615. The number of hydrogen-bond acceptors (Lipinski definition) is 3. The molecule has 1 aliphatic rings. The summed E-state index contributed by atoms with van der Waals surface area (Å²) < 4.78 is 0. The van der Waals surface area contributed by atoms with Crippen molar-refractivity contribution in [1.29, 1.82) is 0 Å². The molecule has 17 heavy (non-hydrogen) atoms. The Morgan fingerprint density at radius 2 is 2.29 bits per heavy atom. The molecule has 4 heteroatoms. The van der Waals surface area contributed by atoms with Gasteiger partial charge in [0, 0.05) is 16.3 Å². The number of thiophene rings is 1. The first-order valence-corrected chi connectivity index (χ1v) is 7.40. The third kappa shape index (κ3) is 3.05. The molecule has 1 aliphatic carbocycles. The lowest BCUT2D eigenvalue weighted by atomic mass is 9.73. The van der Waals surface area contributed by atoms with E-state index in [0.29, 0.717) is 6.04 Å². The fourth-order valence-electron chi connectivity index (χ4n) is 2.44. The number of carbonyl (C=O) groups is 1. The summed E-state index contributed by atoms with van der Waals surface area (Å²) in [6.07, 6.45) is 4.79. The van der Waals surface area contributed by atoms with Crippen LogP contribution >= 0.6 is 24.0 Å². The number of thiol groups is 1. The van der Waals surface area contributed by atoms with Gasteiger partial charge in [-0.25, -0.2) is 0 Å². The van der Waals surface area contributed by atoms with E-state index >= 15 is 0 Å². The third-order valence-electron chi connectivity index (χ3n) is 3.62. The van der Waals surface area contributed by atoms with Gasteiger partial charge in [-0.2, -0.15) is 0 Å². The van der Waals surface area contributed by atoms with Gasteiger partial charge in [0.15, 0.2) is 0 Å². The molecule has 1 saturated carbocycles. The molecule has 1 heterocycles. The first-order valence-electron chi connectivity index (χ1n) is 6.07. The molecular weight excluding hydrogens is 250 g/mol. The lowest BCUT2D eigenvalue weighted by Gasteiger charge is -2.38. The largest absolute Gasteiger partial charge is 0.348 e. The molecule has 1 unspecified atom stereocenters. The Bertz CT molecular complexity index is 411. The standard InChI is InChI=1S/C13H19NOS2/c1-13(2)6-4-3-5-11(13)14-12(15)10-7-9(16)8-17-10/h7-8,11,16H,3-6H2,1-2H3,(H,14,15). The fourth-order valence-corrected chi connectivity index (χ4v) is 3.49. The molecule has 2 nitrogen and oxygen atoms in total. The summed E-state index contributed by atoms with van der Waals surface area (Å²) in [6.45, 7) is 4.49. The van der Waals surface area contributed by atoms with Crippen LogP contribution in [0, 0.1) is 5.41 Å². The van der Waals surface area contributed by atoms with E-state index in [-0.39, 0.29) is 11.3 Å². The third-order valence-corrected chi connectivity index (χ3v) is 4.98. The number of carbonyl (C=O) groups excluding carboxylic acids is 1. The van der Waals surface area contributed by atoms with E-state index in [1.165, 1.54) is 30.6 Å². The van der Waals surface area contributed by atoms with Gasteiger partial charge in [0.1, 0.15) is 0 Å². The first kappa shape index (κ1) is 13.0. The Hall–Kier alpha value is -0.480. The summed E-state index contributed by atoms with van der Waals surface area (Å²) in [5, 5.41) is 5.07. The predicted molar refractivity (Wildman–Crippen MR) is 75.1 cm³/mol. The minimum Gasteiger partial charge on any atom is -0.348 e. The average molecular weight is 269 g/mol. The summed E-state index contributed by atoms with van der Waals surface area (Å²) in [5.41, 5.74) is 0.217. The lowest BCUT2D eigenvalue weighted by Crippen LogP contribution is -2.46. The maximum Gasteiger partial charge on any atom is 0.261 e. The molecular formula is C13H19NOS2. The van der Waals surface area contributed by atoms with E-state index in [1.807, 2.05) is 11.4 Å². The summed E-state index contributed by atoms with van der Waals surface area (Å²) in [6, 6.07) is 2.13. The van der Waals surface area contributed by atoms with Gasteiger partial charge in [0.2, 0.25) is 0 Å². The van der Waals surface area contributed by atoms with Gasteiger partial charge < -0.3 is 5.32 Å². The molecule has 2 rings (SSSR count). The Labute approximate surface area is 112 Å². The Morgan fingerprint density at radius 1 is 1.53 bits per heavy atom. The van der Waals surface area contributed by atoms with Crippen molar-refractivity contribution in [3.8, 4) is 0 Å². The molecule has 1 aromatic heterocycles. The zero-order valence-electron chi connectivity index (χ0n) is 10.3. The van der Waals surface area contributed by atoms with Crippen molar-refractivity contribution in [1.82, 2.24) is 5.32 Å². The maximum absolute atomic E-state index is 12.1. The van der Waals surface area contributed by atoms with Crippen molar-refractivity contribution in [2.75, 3.05) is 0 Å². The van der Waals surface area contributed by atoms with Crippen molar-refractivity contribution in [2.24, 2.45) is 5.41 Å². The van der Waals surface area contributed by atoms with Crippen LogP contribution in [0.1, 0.15) is 49.2 Å². The molecule has 1 N–H and O–H groups in total. The Morgan fingerprint density at radius 3 is 2.88 bits per heavy atom. The second-order valence-electron chi connectivity index (χ2n) is 5.43. The van der Waals surface area contributed by atoms with E-state index < -0.39 is 0 Å². The van der Waals surface area contributed by atoms with Gasteiger partial charge >= 0.3 is 0 Å². The molecule has 1 aromatic rings. The van der Waals surface area contributed by atoms with E-state index in [2.05, 4.69) is 31.8 Å². The molecule has 0 radical (unpaired) electrons. The first-order chi connectivity index (χ1) is 7.99. The quantitative estimate of drug-likeness (QED) is 0.787. The van der Waals surface area contributed by atoms with Crippen LogP contribution < -0.4 is 5.32 Å². The van der Waals surface area contributed by atoms with Crippen molar-refractivity contribution in [3.05, 3.63) is 16.3 Å². The number of rotatable bonds is 2. The van der Waals surface area contributed by atoms with Crippen molar-refractivity contribution < 1.29 is 4.79 Å². The summed E-state index contributed by atoms with van der Waals surface area (Å²) in [4.78, 5) is 13.7. The van der Waals surface area contributed by atoms with Gasteiger partial charge in [-0.3, -0.25) is 4.79 Å². The van der Waals surface area contributed by atoms with E-state index in [4.69, 9.17) is 0 Å². The van der Waals surface area contributed by atoms with Crippen molar-refractivity contribution in [2.45, 2.75) is 50.5 Å². The summed E-state index contributed by atoms with van der Waals surface area (Å²) in [5.74, 6) is 0.0512. The van der Waals surface area contributed by atoms with Gasteiger partial charge in [0.25, 0.3) is 5.91 Å². The number of nitrogens with one attached hydrogen (secondary N) is 1. The van der Waals surface area contributed by atoms with Crippen molar-refractivity contribution >= 4 is 29.9 Å². The van der Waals surface area contributed by atoms with Crippen LogP contribution in [0.2, 0.25) is 0 Å². The van der Waals surface area contributed by atoms with Gasteiger partial charge in [-0.1, -0.05) is 26.7 Å². The molecule has 0 saturated heterocycles. The highest BCUT2D eigenvalue weighted by molar-refractivity contribution is 7.80. The van der Waals surface area contributed by atoms with Crippen LogP contribution in [0.5, 0.6) is 0 Å². The highest BCUT2D eigenvalue weighted by atomic mass is 32.1. The van der Waals surface area contributed by atoms with Crippen LogP contribution in [0.15, 0.2) is 16.3 Å². The van der Waals surface area contributed by atoms with E-state index in [0.717, 1.165) is 16.2 Å². The van der Waals surface area contributed by atoms with Gasteiger partial charge in [0.05, 0.1) is 4.88 Å². The normalized spacial score (nSPS) is 23.4.